The lowest BCUT2D eigenvalue weighted by Crippen LogP contribution is -2.57. The van der Waals surface area contributed by atoms with Crippen LogP contribution in [0.3, 0.4) is 0 Å². The van der Waals surface area contributed by atoms with E-state index in [2.05, 4.69) is 15.3 Å². The van der Waals surface area contributed by atoms with Gasteiger partial charge in [0, 0.05) is 19.6 Å². The van der Waals surface area contributed by atoms with Gasteiger partial charge in [0.2, 0.25) is 11.9 Å². The summed E-state index contributed by atoms with van der Waals surface area (Å²) < 4.78 is 0. The molecular weight excluding hydrogens is 230 g/mol. The van der Waals surface area contributed by atoms with E-state index >= 15 is 0 Å². The maximum atomic E-state index is 11.5. The number of hydrogen-bond donors (Lipinski definition) is 3. The Balaban J connectivity index is 1.98. The molecule has 1 aromatic carbocycles. The first kappa shape index (κ1) is 11.0. The number of primary amides is 1. The Hall–Kier alpha value is -2.08. The molecule has 0 saturated carbocycles. The number of piperazine rings is 1. The molecule has 3 rings (SSSR count). The van der Waals surface area contributed by atoms with E-state index in [1.54, 1.807) is 0 Å². The number of carbonyl (C=O) groups is 1. The van der Waals surface area contributed by atoms with E-state index in [0.29, 0.717) is 19.0 Å². The van der Waals surface area contributed by atoms with Crippen molar-refractivity contribution in [3.63, 3.8) is 0 Å². The molecule has 1 aromatic heterocycles. The number of H-pyrrole nitrogens is 1. The molecule has 0 spiro atoms. The lowest BCUT2D eigenvalue weighted by molar-refractivity contribution is -0.119. The second kappa shape index (κ2) is 4.30. The molecule has 0 aliphatic carbocycles. The zero-order chi connectivity index (χ0) is 12.5. The minimum absolute atomic E-state index is 0.331. The van der Waals surface area contributed by atoms with Gasteiger partial charge in [-0.2, -0.15) is 0 Å². The summed E-state index contributed by atoms with van der Waals surface area (Å²) in [5, 5.41) is 3.17. The van der Waals surface area contributed by atoms with E-state index in [1.165, 1.54) is 0 Å². The number of hydrogen-bond acceptors (Lipinski definition) is 4. The Bertz CT molecular complexity index is 546. The first-order valence-corrected chi connectivity index (χ1v) is 5.97. The van der Waals surface area contributed by atoms with Crippen molar-refractivity contribution in [3.8, 4) is 0 Å². The van der Waals surface area contributed by atoms with Crippen molar-refractivity contribution in [1.82, 2.24) is 15.3 Å². The molecule has 1 fully saturated rings. The van der Waals surface area contributed by atoms with E-state index in [-0.39, 0.29) is 11.9 Å². The molecular formula is C12H15N5O. The molecule has 2 heterocycles. The number of carbonyl (C=O) groups excluding carboxylic acids is 1. The van der Waals surface area contributed by atoms with Crippen LogP contribution in [0.5, 0.6) is 0 Å². The van der Waals surface area contributed by atoms with Crippen molar-refractivity contribution in [1.29, 1.82) is 0 Å². The van der Waals surface area contributed by atoms with Crippen molar-refractivity contribution in [2.45, 2.75) is 6.04 Å². The number of fused-ring (bicyclic) bond motifs is 1. The standard InChI is InChI=1S/C12H15N5O/c13-11(18)10-7-14-5-6-17(10)12-15-8-3-1-2-4-9(8)16-12/h1-4,10,14H,5-7H2,(H2,13,18)(H,15,16). The van der Waals surface area contributed by atoms with Gasteiger partial charge in [-0.3, -0.25) is 4.79 Å². The summed E-state index contributed by atoms with van der Waals surface area (Å²) in [6.45, 7) is 2.10. The van der Waals surface area contributed by atoms with Crippen LogP contribution in [0.1, 0.15) is 0 Å². The highest BCUT2D eigenvalue weighted by molar-refractivity contribution is 5.85. The van der Waals surface area contributed by atoms with Crippen LogP contribution in [0.15, 0.2) is 24.3 Å². The van der Waals surface area contributed by atoms with E-state index < -0.39 is 0 Å². The SMILES string of the molecule is NC(=O)C1CNCCN1c1nc2ccccc2[nH]1. The Kier molecular flexibility index (Phi) is 2.64. The van der Waals surface area contributed by atoms with Gasteiger partial charge < -0.3 is 20.9 Å². The summed E-state index contributed by atoms with van der Waals surface area (Å²) in [6.07, 6.45) is 0. The molecule has 1 saturated heterocycles. The van der Waals surface area contributed by atoms with Gasteiger partial charge in [-0.15, -0.1) is 0 Å². The topological polar surface area (TPSA) is 87.0 Å². The van der Waals surface area contributed by atoms with Gasteiger partial charge in [0.05, 0.1) is 11.0 Å². The number of amides is 1. The summed E-state index contributed by atoms with van der Waals surface area (Å²) in [4.78, 5) is 21.1. The van der Waals surface area contributed by atoms with Gasteiger partial charge in [-0.1, -0.05) is 12.1 Å². The maximum absolute atomic E-state index is 11.5. The average Bonchev–Trinajstić information content (AvgIpc) is 2.82. The number of nitrogens with one attached hydrogen (secondary N) is 2. The van der Waals surface area contributed by atoms with E-state index in [4.69, 9.17) is 5.73 Å². The van der Waals surface area contributed by atoms with Crippen LogP contribution >= 0.6 is 0 Å². The lowest BCUT2D eigenvalue weighted by Gasteiger charge is -2.33. The molecule has 1 amide bonds. The first-order chi connectivity index (χ1) is 8.75. The smallest absolute Gasteiger partial charge is 0.241 e. The maximum Gasteiger partial charge on any atom is 0.241 e. The third kappa shape index (κ3) is 1.80. The molecule has 18 heavy (non-hydrogen) atoms. The summed E-state index contributed by atoms with van der Waals surface area (Å²) in [6, 6.07) is 7.45. The minimum Gasteiger partial charge on any atom is -0.368 e. The van der Waals surface area contributed by atoms with Gasteiger partial charge in [-0.25, -0.2) is 4.98 Å². The van der Waals surface area contributed by atoms with E-state index in [1.807, 2.05) is 29.2 Å². The first-order valence-electron chi connectivity index (χ1n) is 5.97. The second-order valence-corrected chi connectivity index (χ2v) is 4.39. The quantitative estimate of drug-likeness (QED) is 0.685. The summed E-state index contributed by atoms with van der Waals surface area (Å²) in [5.41, 5.74) is 7.29. The zero-order valence-corrected chi connectivity index (χ0v) is 9.89. The van der Waals surface area contributed by atoms with E-state index in [0.717, 1.165) is 17.6 Å². The number of aromatic amines is 1. The van der Waals surface area contributed by atoms with Gasteiger partial charge in [0.15, 0.2) is 0 Å². The second-order valence-electron chi connectivity index (χ2n) is 4.39. The Labute approximate surface area is 104 Å². The number of nitrogens with zero attached hydrogens (tertiary/aromatic N) is 2. The van der Waals surface area contributed by atoms with Crippen LogP contribution in [0.25, 0.3) is 11.0 Å². The number of nitrogens with two attached hydrogens (primary N) is 1. The molecule has 1 aliphatic rings. The molecule has 0 radical (unpaired) electrons. The Morgan fingerprint density at radius 2 is 2.28 bits per heavy atom. The molecule has 6 heteroatoms. The monoisotopic (exact) mass is 245 g/mol. The van der Waals surface area contributed by atoms with Crippen LogP contribution in [-0.2, 0) is 4.79 Å². The largest absolute Gasteiger partial charge is 0.368 e. The highest BCUT2D eigenvalue weighted by Gasteiger charge is 2.28. The summed E-state index contributed by atoms with van der Waals surface area (Å²) in [5.74, 6) is 0.379. The van der Waals surface area contributed by atoms with Crippen molar-refractivity contribution >= 4 is 22.9 Å². The van der Waals surface area contributed by atoms with Crippen molar-refractivity contribution in [3.05, 3.63) is 24.3 Å². The Morgan fingerprint density at radius 1 is 1.44 bits per heavy atom. The fraction of sp³-hybridized carbons (Fsp3) is 0.333. The fourth-order valence-corrected chi connectivity index (χ4v) is 2.29. The van der Waals surface area contributed by atoms with Crippen LogP contribution in [0.2, 0.25) is 0 Å². The summed E-state index contributed by atoms with van der Waals surface area (Å²) >= 11 is 0. The average molecular weight is 245 g/mol. The zero-order valence-electron chi connectivity index (χ0n) is 9.89. The number of benzene rings is 1. The Morgan fingerprint density at radius 3 is 3.06 bits per heavy atom. The van der Waals surface area contributed by atoms with Gasteiger partial charge in [-0.05, 0) is 12.1 Å². The third-order valence-corrected chi connectivity index (χ3v) is 3.22. The number of rotatable bonds is 2. The number of para-hydroxylation sites is 2. The lowest BCUT2D eigenvalue weighted by atomic mass is 10.2. The highest BCUT2D eigenvalue weighted by Crippen LogP contribution is 2.19. The van der Waals surface area contributed by atoms with E-state index in [9.17, 15) is 4.79 Å². The van der Waals surface area contributed by atoms with Crippen molar-refractivity contribution in [2.24, 2.45) is 5.73 Å². The number of imidazole rings is 1. The predicted octanol–water partition coefficient (Wildman–Crippen LogP) is -0.174. The summed E-state index contributed by atoms with van der Waals surface area (Å²) in [7, 11) is 0. The molecule has 0 bridgehead atoms. The number of anilines is 1. The molecule has 1 aliphatic heterocycles. The van der Waals surface area contributed by atoms with Crippen molar-refractivity contribution < 1.29 is 4.79 Å². The van der Waals surface area contributed by atoms with Gasteiger partial charge in [0.25, 0.3) is 0 Å². The van der Waals surface area contributed by atoms with Crippen LogP contribution in [-0.4, -0.2) is 41.6 Å². The van der Waals surface area contributed by atoms with Gasteiger partial charge in [0.1, 0.15) is 6.04 Å². The normalized spacial score (nSPS) is 20.2. The van der Waals surface area contributed by atoms with Crippen LogP contribution < -0.4 is 16.0 Å². The highest BCUT2D eigenvalue weighted by atomic mass is 16.1. The fourth-order valence-electron chi connectivity index (χ4n) is 2.29. The minimum atomic E-state index is -0.348. The predicted molar refractivity (Wildman–Crippen MR) is 69.3 cm³/mol. The molecule has 1 atom stereocenters. The van der Waals surface area contributed by atoms with Crippen molar-refractivity contribution in [2.75, 3.05) is 24.5 Å². The molecule has 1 unspecified atom stereocenters. The molecule has 2 aromatic rings. The molecule has 94 valence electrons. The molecule has 4 N–H and O–H groups in total. The third-order valence-electron chi connectivity index (χ3n) is 3.22. The van der Waals surface area contributed by atoms with Crippen LogP contribution in [0.4, 0.5) is 5.95 Å². The number of aromatic nitrogens is 2. The van der Waals surface area contributed by atoms with Gasteiger partial charge >= 0.3 is 0 Å². The van der Waals surface area contributed by atoms with Crippen LogP contribution in [0, 0.1) is 0 Å². The molecule has 6 nitrogen and oxygen atoms in total.